The summed E-state index contributed by atoms with van der Waals surface area (Å²) in [4.78, 5) is 11.8. The van der Waals surface area contributed by atoms with Crippen molar-refractivity contribution >= 4 is 17.7 Å². The number of benzene rings is 1. The van der Waals surface area contributed by atoms with Gasteiger partial charge in [0.2, 0.25) is 5.91 Å². The van der Waals surface area contributed by atoms with Crippen LogP contribution in [-0.4, -0.2) is 33.0 Å². The number of allylic oxidation sites excluding steroid dienone is 1. The molecule has 1 aromatic carbocycles. The van der Waals surface area contributed by atoms with Crippen LogP contribution in [0.1, 0.15) is 39.7 Å². The standard InChI is InChI=1S/C20H28N4OS/c1-6-12-21-17(25)14-26-19-23-22-18(24(19)13-7-2)15-8-10-16(11-9-15)20(3,4)5/h7-11H,2,6,12-14H2,1,3-5H3,(H,21,25). The number of nitrogens with one attached hydrogen (secondary N) is 1. The van der Waals surface area contributed by atoms with Gasteiger partial charge in [-0.05, 0) is 17.4 Å². The fourth-order valence-corrected chi connectivity index (χ4v) is 3.25. The maximum atomic E-state index is 11.8. The summed E-state index contributed by atoms with van der Waals surface area (Å²) in [5, 5.41) is 12.2. The van der Waals surface area contributed by atoms with Gasteiger partial charge in [0.05, 0.1) is 5.75 Å². The SMILES string of the molecule is C=CCn1c(SCC(=O)NCCC)nnc1-c1ccc(C(C)(C)C)cc1. The number of thioether (sulfide) groups is 1. The number of hydrogen-bond donors (Lipinski definition) is 1. The average Bonchev–Trinajstić information content (AvgIpc) is 3.00. The lowest BCUT2D eigenvalue weighted by atomic mass is 9.87. The molecule has 0 bridgehead atoms. The van der Waals surface area contributed by atoms with E-state index >= 15 is 0 Å². The van der Waals surface area contributed by atoms with E-state index in [-0.39, 0.29) is 11.3 Å². The third-order valence-electron chi connectivity index (χ3n) is 3.94. The molecule has 0 aliphatic heterocycles. The first-order valence-corrected chi connectivity index (χ1v) is 9.90. The lowest BCUT2D eigenvalue weighted by Gasteiger charge is -2.19. The molecule has 0 unspecified atom stereocenters. The zero-order valence-corrected chi connectivity index (χ0v) is 16.9. The summed E-state index contributed by atoms with van der Waals surface area (Å²) in [6, 6.07) is 8.42. The molecule has 1 amide bonds. The van der Waals surface area contributed by atoms with E-state index in [4.69, 9.17) is 0 Å². The molecule has 1 heterocycles. The van der Waals surface area contributed by atoms with Gasteiger partial charge < -0.3 is 5.32 Å². The van der Waals surface area contributed by atoms with Crippen molar-refractivity contribution in [2.24, 2.45) is 0 Å². The second kappa shape index (κ2) is 9.03. The zero-order valence-electron chi connectivity index (χ0n) is 16.1. The van der Waals surface area contributed by atoms with Crippen molar-refractivity contribution in [1.82, 2.24) is 20.1 Å². The van der Waals surface area contributed by atoms with Gasteiger partial charge in [0.1, 0.15) is 0 Å². The molecule has 140 valence electrons. The molecule has 0 atom stereocenters. The maximum Gasteiger partial charge on any atom is 0.230 e. The Morgan fingerprint density at radius 1 is 1.27 bits per heavy atom. The summed E-state index contributed by atoms with van der Waals surface area (Å²) >= 11 is 1.40. The number of nitrogens with zero attached hydrogens (tertiary/aromatic N) is 3. The van der Waals surface area contributed by atoms with Crippen LogP contribution in [0.15, 0.2) is 42.1 Å². The zero-order chi connectivity index (χ0) is 19.2. The molecular formula is C20H28N4OS. The van der Waals surface area contributed by atoms with E-state index in [9.17, 15) is 4.79 Å². The van der Waals surface area contributed by atoms with E-state index in [2.05, 4.69) is 67.1 Å². The molecule has 0 saturated carbocycles. The van der Waals surface area contributed by atoms with Gasteiger partial charge in [-0.2, -0.15) is 0 Å². The average molecular weight is 373 g/mol. The molecule has 0 fully saturated rings. The number of carbonyl (C=O) groups excluding carboxylic acids is 1. The molecule has 5 nitrogen and oxygen atoms in total. The van der Waals surface area contributed by atoms with Crippen LogP contribution in [-0.2, 0) is 16.8 Å². The van der Waals surface area contributed by atoms with Crippen molar-refractivity contribution in [3.05, 3.63) is 42.5 Å². The normalized spacial score (nSPS) is 11.4. The number of rotatable bonds is 8. The summed E-state index contributed by atoms with van der Waals surface area (Å²) in [7, 11) is 0. The highest BCUT2D eigenvalue weighted by molar-refractivity contribution is 7.99. The molecule has 6 heteroatoms. The van der Waals surface area contributed by atoms with Crippen molar-refractivity contribution in [2.45, 2.75) is 51.2 Å². The number of amides is 1. The number of carbonyl (C=O) groups is 1. The monoisotopic (exact) mass is 372 g/mol. The summed E-state index contributed by atoms with van der Waals surface area (Å²) in [5.41, 5.74) is 2.40. The third kappa shape index (κ3) is 5.21. The van der Waals surface area contributed by atoms with E-state index in [0.717, 1.165) is 23.0 Å². The van der Waals surface area contributed by atoms with Crippen LogP contribution < -0.4 is 5.32 Å². The molecule has 1 N–H and O–H groups in total. The smallest absolute Gasteiger partial charge is 0.230 e. The fraction of sp³-hybridized carbons (Fsp3) is 0.450. The Hall–Kier alpha value is -2.08. The largest absolute Gasteiger partial charge is 0.355 e. The van der Waals surface area contributed by atoms with E-state index in [1.165, 1.54) is 17.3 Å². The van der Waals surface area contributed by atoms with Gasteiger partial charge in [0, 0.05) is 18.7 Å². The predicted octanol–water partition coefficient (Wildman–Crippen LogP) is 4.05. The Balaban J connectivity index is 2.20. The van der Waals surface area contributed by atoms with Gasteiger partial charge in [-0.1, -0.05) is 69.8 Å². The van der Waals surface area contributed by atoms with Crippen LogP contribution in [0.3, 0.4) is 0 Å². The molecule has 1 aromatic heterocycles. The van der Waals surface area contributed by atoms with E-state index in [0.29, 0.717) is 18.8 Å². The molecule has 0 saturated heterocycles. The first-order valence-electron chi connectivity index (χ1n) is 8.91. The van der Waals surface area contributed by atoms with Crippen molar-refractivity contribution in [2.75, 3.05) is 12.3 Å². The second-order valence-electron chi connectivity index (χ2n) is 7.17. The number of hydrogen-bond acceptors (Lipinski definition) is 4. The minimum absolute atomic E-state index is 0.0149. The van der Waals surface area contributed by atoms with Crippen molar-refractivity contribution in [3.63, 3.8) is 0 Å². The summed E-state index contributed by atoms with van der Waals surface area (Å²) in [5.74, 6) is 1.14. The first kappa shape index (κ1) is 20.2. The Labute approximate surface area is 160 Å². The van der Waals surface area contributed by atoms with Gasteiger partial charge in [0.15, 0.2) is 11.0 Å². The predicted molar refractivity (Wildman–Crippen MR) is 108 cm³/mol. The summed E-state index contributed by atoms with van der Waals surface area (Å²) < 4.78 is 2.00. The van der Waals surface area contributed by atoms with Gasteiger partial charge in [-0.15, -0.1) is 16.8 Å². The molecule has 0 spiro atoms. The van der Waals surface area contributed by atoms with Crippen LogP contribution in [0.4, 0.5) is 0 Å². The third-order valence-corrected chi connectivity index (χ3v) is 4.91. The Kier molecular flexibility index (Phi) is 7.03. The van der Waals surface area contributed by atoms with E-state index in [1.54, 1.807) is 0 Å². The molecule has 2 aromatic rings. The van der Waals surface area contributed by atoms with Crippen molar-refractivity contribution < 1.29 is 4.79 Å². The number of aromatic nitrogens is 3. The lowest BCUT2D eigenvalue weighted by molar-refractivity contribution is -0.118. The van der Waals surface area contributed by atoms with Gasteiger partial charge in [-0.25, -0.2) is 0 Å². The van der Waals surface area contributed by atoms with E-state index < -0.39 is 0 Å². The van der Waals surface area contributed by atoms with Gasteiger partial charge in [-0.3, -0.25) is 9.36 Å². The second-order valence-corrected chi connectivity index (χ2v) is 8.11. The highest BCUT2D eigenvalue weighted by Gasteiger charge is 2.17. The van der Waals surface area contributed by atoms with Crippen molar-refractivity contribution in [3.8, 4) is 11.4 Å². The first-order chi connectivity index (χ1) is 12.4. The Bertz CT molecular complexity index is 744. The summed E-state index contributed by atoms with van der Waals surface area (Å²) in [6.07, 6.45) is 2.75. The Morgan fingerprint density at radius 3 is 2.54 bits per heavy atom. The topological polar surface area (TPSA) is 59.8 Å². The van der Waals surface area contributed by atoms with Crippen LogP contribution in [0.25, 0.3) is 11.4 Å². The minimum atomic E-state index is 0.0149. The van der Waals surface area contributed by atoms with Gasteiger partial charge >= 0.3 is 0 Å². The maximum absolute atomic E-state index is 11.8. The Morgan fingerprint density at radius 2 is 1.96 bits per heavy atom. The molecule has 2 rings (SSSR count). The van der Waals surface area contributed by atoms with Crippen molar-refractivity contribution in [1.29, 1.82) is 0 Å². The van der Waals surface area contributed by atoms with Crippen LogP contribution in [0.2, 0.25) is 0 Å². The van der Waals surface area contributed by atoms with Crippen LogP contribution in [0, 0.1) is 0 Å². The van der Waals surface area contributed by atoms with Gasteiger partial charge in [0.25, 0.3) is 0 Å². The lowest BCUT2D eigenvalue weighted by Crippen LogP contribution is -2.25. The highest BCUT2D eigenvalue weighted by atomic mass is 32.2. The van der Waals surface area contributed by atoms with Crippen LogP contribution >= 0.6 is 11.8 Å². The minimum Gasteiger partial charge on any atom is -0.355 e. The highest BCUT2D eigenvalue weighted by Crippen LogP contribution is 2.27. The molecule has 0 aliphatic rings. The molecule has 0 radical (unpaired) electrons. The molecule has 26 heavy (non-hydrogen) atoms. The molecular weight excluding hydrogens is 344 g/mol. The van der Waals surface area contributed by atoms with Crippen LogP contribution in [0.5, 0.6) is 0 Å². The fourth-order valence-electron chi connectivity index (χ4n) is 2.47. The van der Waals surface area contributed by atoms with E-state index in [1.807, 2.05) is 17.6 Å². The molecule has 0 aliphatic carbocycles. The quantitative estimate of drug-likeness (QED) is 0.561. The summed E-state index contributed by atoms with van der Waals surface area (Å²) in [6.45, 7) is 13.7.